The molecule has 0 radical (unpaired) electrons. The SMILES string of the molecule is C=CCOc1ccc(C[NH+](C)CC(=O)Nc2ccc(OC(F)F)cc2)cc1. The highest BCUT2D eigenvalue weighted by Gasteiger charge is 2.11. The molecule has 7 heteroatoms. The second kappa shape index (κ2) is 10.3. The molecule has 0 aliphatic heterocycles. The van der Waals surface area contributed by atoms with Gasteiger partial charge in [-0.25, -0.2) is 0 Å². The van der Waals surface area contributed by atoms with Gasteiger partial charge in [0.1, 0.15) is 24.7 Å². The van der Waals surface area contributed by atoms with Gasteiger partial charge in [0.25, 0.3) is 5.91 Å². The normalized spacial score (nSPS) is 11.7. The van der Waals surface area contributed by atoms with Crippen LogP contribution in [0.2, 0.25) is 0 Å². The summed E-state index contributed by atoms with van der Waals surface area (Å²) in [5.74, 6) is 0.653. The Morgan fingerprint density at radius 2 is 1.78 bits per heavy atom. The van der Waals surface area contributed by atoms with E-state index in [0.29, 0.717) is 18.8 Å². The minimum Gasteiger partial charge on any atom is -0.490 e. The Balaban J connectivity index is 1.80. The quantitative estimate of drug-likeness (QED) is 0.626. The number of rotatable bonds is 10. The lowest BCUT2D eigenvalue weighted by Crippen LogP contribution is -3.08. The molecule has 5 nitrogen and oxygen atoms in total. The Morgan fingerprint density at radius 3 is 2.37 bits per heavy atom. The Kier molecular flexibility index (Phi) is 7.76. The van der Waals surface area contributed by atoms with Gasteiger partial charge in [0.2, 0.25) is 0 Å². The second-order valence-electron chi connectivity index (χ2n) is 6.01. The Labute approximate surface area is 157 Å². The lowest BCUT2D eigenvalue weighted by molar-refractivity contribution is -0.885. The van der Waals surface area contributed by atoms with Crippen molar-refractivity contribution in [2.45, 2.75) is 13.2 Å². The number of ether oxygens (including phenoxy) is 2. The molecular formula is C20H23F2N2O3+. The van der Waals surface area contributed by atoms with Crippen LogP contribution in [-0.4, -0.2) is 32.7 Å². The summed E-state index contributed by atoms with van der Waals surface area (Å²) in [6.07, 6.45) is 1.68. The molecule has 0 aliphatic rings. The first kappa shape index (κ1) is 20.4. The van der Waals surface area contributed by atoms with E-state index in [-0.39, 0.29) is 18.2 Å². The molecule has 144 valence electrons. The zero-order valence-electron chi connectivity index (χ0n) is 15.1. The number of nitrogens with one attached hydrogen (secondary N) is 2. The van der Waals surface area contributed by atoms with Crippen molar-refractivity contribution in [3.8, 4) is 11.5 Å². The highest BCUT2D eigenvalue weighted by Crippen LogP contribution is 2.17. The molecule has 0 spiro atoms. The van der Waals surface area contributed by atoms with E-state index in [9.17, 15) is 13.6 Å². The average Bonchev–Trinajstić information content (AvgIpc) is 2.62. The summed E-state index contributed by atoms with van der Waals surface area (Å²) in [6.45, 7) is 2.14. The van der Waals surface area contributed by atoms with Crippen molar-refractivity contribution in [2.75, 3.05) is 25.5 Å². The van der Waals surface area contributed by atoms with Crippen LogP contribution in [0.3, 0.4) is 0 Å². The number of carbonyl (C=O) groups excluding carboxylic acids is 1. The lowest BCUT2D eigenvalue weighted by Gasteiger charge is -2.14. The topological polar surface area (TPSA) is 52.0 Å². The van der Waals surface area contributed by atoms with Gasteiger partial charge in [0.05, 0.1) is 7.05 Å². The average molecular weight is 377 g/mol. The number of quaternary nitrogens is 1. The fraction of sp³-hybridized carbons (Fsp3) is 0.250. The molecule has 1 amide bonds. The first-order valence-electron chi connectivity index (χ1n) is 8.45. The monoisotopic (exact) mass is 377 g/mol. The molecule has 1 atom stereocenters. The molecule has 0 saturated heterocycles. The van der Waals surface area contributed by atoms with E-state index in [0.717, 1.165) is 16.2 Å². The van der Waals surface area contributed by atoms with Gasteiger partial charge in [-0.2, -0.15) is 8.78 Å². The van der Waals surface area contributed by atoms with Crippen LogP contribution in [0.4, 0.5) is 14.5 Å². The van der Waals surface area contributed by atoms with Crippen LogP contribution in [0.15, 0.2) is 61.2 Å². The molecule has 0 bridgehead atoms. The number of anilines is 1. The van der Waals surface area contributed by atoms with E-state index in [1.165, 1.54) is 24.3 Å². The van der Waals surface area contributed by atoms with E-state index in [1.54, 1.807) is 6.08 Å². The van der Waals surface area contributed by atoms with Gasteiger partial charge in [0, 0.05) is 11.3 Å². The lowest BCUT2D eigenvalue weighted by atomic mass is 10.2. The molecular weight excluding hydrogens is 354 g/mol. The third kappa shape index (κ3) is 7.45. The smallest absolute Gasteiger partial charge is 0.387 e. The van der Waals surface area contributed by atoms with Crippen molar-refractivity contribution in [3.63, 3.8) is 0 Å². The van der Waals surface area contributed by atoms with Gasteiger partial charge in [-0.05, 0) is 48.5 Å². The standard InChI is InChI=1S/C20H22F2N2O3/c1-3-12-26-17-8-4-15(5-9-17)13-24(2)14-19(25)23-16-6-10-18(11-7-16)27-20(21)22/h3-11,20H,1,12-14H2,2H3,(H,23,25)/p+1. The first-order chi connectivity index (χ1) is 13.0. The molecule has 27 heavy (non-hydrogen) atoms. The van der Waals surface area contributed by atoms with Crippen LogP contribution in [0.1, 0.15) is 5.56 Å². The second-order valence-corrected chi connectivity index (χ2v) is 6.01. The van der Waals surface area contributed by atoms with Crippen LogP contribution in [0.25, 0.3) is 0 Å². The van der Waals surface area contributed by atoms with Crippen LogP contribution in [-0.2, 0) is 11.3 Å². The summed E-state index contributed by atoms with van der Waals surface area (Å²) in [7, 11) is 1.92. The third-order valence-corrected chi connectivity index (χ3v) is 3.62. The number of likely N-dealkylation sites (N-methyl/N-ethyl adjacent to an activating group) is 1. The summed E-state index contributed by atoms with van der Waals surface area (Å²) in [5.41, 5.74) is 1.61. The van der Waals surface area contributed by atoms with Crippen LogP contribution in [0.5, 0.6) is 11.5 Å². The Hall–Kier alpha value is -2.93. The third-order valence-electron chi connectivity index (χ3n) is 3.62. The Bertz CT molecular complexity index is 734. The van der Waals surface area contributed by atoms with E-state index >= 15 is 0 Å². The van der Waals surface area contributed by atoms with Crippen molar-refractivity contribution in [3.05, 3.63) is 66.7 Å². The van der Waals surface area contributed by atoms with Gasteiger partial charge in [0.15, 0.2) is 6.54 Å². The molecule has 2 N–H and O–H groups in total. The highest BCUT2D eigenvalue weighted by molar-refractivity contribution is 5.91. The summed E-state index contributed by atoms with van der Waals surface area (Å²) < 4.78 is 34.0. The number of carbonyl (C=O) groups is 1. The number of hydrogen-bond acceptors (Lipinski definition) is 3. The molecule has 0 saturated carbocycles. The van der Waals surface area contributed by atoms with Gasteiger partial charge in [-0.3, -0.25) is 4.79 Å². The first-order valence-corrected chi connectivity index (χ1v) is 8.45. The molecule has 2 rings (SSSR count). The maximum absolute atomic E-state index is 12.1. The van der Waals surface area contributed by atoms with E-state index < -0.39 is 6.61 Å². The minimum absolute atomic E-state index is 0.0475. The fourth-order valence-electron chi connectivity index (χ4n) is 2.47. The molecule has 0 aromatic heterocycles. The molecule has 2 aromatic rings. The summed E-state index contributed by atoms with van der Waals surface area (Å²) >= 11 is 0. The predicted molar refractivity (Wildman–Crippen MR) is 99.3 cm³/mol. The van der Waals surface area contributed by atoms with Crippen LogP contribution in [0, 0.1) is 0 Å². The van der Waals surface area contributed by atoms with Crippen molar-refractivity contribution >= 4 is 11.6 Å². The van der Waals surface area contributed by atoms with E-state index in [1.807, 2.05) is 31.3 Å². The van der Waals surface area contributed by atoms with Crippen molar-refractivity contribution in [1.82, 2.24) is 0 Å². The van der Waals surface area contributed by atoms with Crippen molar-refractivity contribution in [2.24, 2.45) is 0 Å². The zero-order valence-corrected chi connectivity index (χ0v) is 15.1. The Morgan fingerprint density at radius 1 is 1.15 bits per heavy atom. The number of halogens is 2. The minimum atomic E-state index is -2.87. The largest absolute Gasteiger partial charge is 0.490 e. The fourth-order valence-corrected chi connectivity index (χ4v) is 2.47. The number of alkyl halides is 2. The molecule has 2 aromatic carbocycles. The van der Waals surface area contributed by atoms with E-state index in [4.69, 9.17) is 4.74 Å². The molecule has 0 fully saturated rings. The van der Waals surface area contributed by atoms with Crippen molar-refractivity contribution in [1.29, 1.82) is 0 Å². The van der Waals surface area contributed by atoms with Gasteiger partial charge >= 0.3 is 6.61 Å². The van der Waals surface area contributed by atoms with Crippen molar-refractivity contribution < 1.29 is 27.9 Å². The van der Waals surface area contributed by atoms with Crippen LogP contribution >= 0.6 is 0 Å². The van der Waals surface area contributed by atoms with Gasteiger partial charge in [-0.15, -0.1) is 0 Å². The number of hydrogen-bond donors (Lipinski definition) is 2. The maximum Gasteiger partial charge on any atom is 0.387 e. The maximum atomic E-state index is 12.1. The van der Waals surface area contributed by atoms with Gasteiger partial charge < -0.3 is 19.7 Å². The van der Waals surface area contributed by atoms with Gasteiger partial charge in [-0.1, -0.05) is 12.7 Å². The summed E-state index contributed by atoms with van der Waals surface area (Å²) in [4.78, 5) is 13.1. The predicted octanol–water partition coefficient (Wildman–Crippen LogP) is 2.51. The molecule has 0 heterocycles. The van der Waals surface area contributed by atoms with E-state index in [2.05, 4.69) is 16.6 Å². The molecule has 1 unspecified atom stereocenters. The zero-order chi connectivity index (χ0) is 19.6. The van der Waals surface area contributed by atoms with Crippen LogP contribution < -0.4 is 19.7 Å². The number of benzene rings is 2. The summed E-state index contributed by atoms with van der Waals surface area (Å²) in [5, 5.41) is 2.74. The molecule has 0 aliphatic carbocycles. The number of amides is 1. The summed E-state index contributed by atoms with van der Waals surface area (Å²) in [6, 6.07) is 13.5. The highest BCUT2D eigenvalue weighted by atomic mass is 19.3.